The van der Waals surface area contributed by atoms with E-state index in [4.69, 9.17) is 0 Å². The van der Waals surface area contributed by atoms with Crippen molar-refractivity contribution in [2.24, 2.45) is 0 Å². The second-order valence-electron chi connectivity index (χ2n) is 8.69. The number of halogens is 3. The number of nitrogens with zero attached hydrogens (tertiary/aromatic N) is 5. The van der Waals surface area contributed by atoms with Crippen molar-refractivity contribution in [2.45, 2.75) is 24.4 Å². The number of hydrogen-bond donors (Lipinski definition) is 0. The molecule has 1 aliphatic heterocycles. The van der Waals surface area contributed by atoms with Crippen molar-refractivity contribution in [2.75, 3.05) is 61.9 Å². The van der Waals surface area contributed by atoms with Gasteiger partial charge in [0.2, 0.25) is 10.0 Å². The van der Waals surface area contributed by atoms with Crippen LogP contribution in [-0.2, 0) is 30.5 Å². The van der Waals surface area contributed by atoms with Crippen molar-refractivity contribution >= 4 is 37.3 Å². The van der Waals surface area contributed by atoms with Crippen molar-refractivity contribution in [1.82, 2.24) is 9.29 Å². The van der Waals surface area contributed by atoms with Crippen LogP contribution in [-0.4, -0.2) is 83.2 Å². The Morgan fingerprint density at radius 3 is 2.28 bits per heavy atom. The average molecular weight is 596 g/mol. The number of benzene rings is 1. The maximum Gasteiger partial charge on any atom is 0.418 e. The predicted molar refractivity (Wildman–Crippen MR) is 137 cm³/mol. The van der Waals surface area contributed by atoms with Gasteiger partial charge in [0.25, 0.3) is 15.8 Å². The van der Waals surface area contributed by atoms with Crippen molar-refractivity contribution in [3.05, 3.63) is 52.2 Å². The zero-order valence-corrected chi connectivity index (χ0v) is 22.8. The highest BCUT2D eigenvalue weighted by molar-refractivity contribution is 7.89. The Morgan fingerprint density at radius 1 is 1.10 bits per heavy atom. The largest absolute Gasteiger partial charge is 0.418 e. The Bertz CT molecular complexity index is 1380. The van der Waals surface area contributed by atoms with Gasteiger partial charge in [-0.25, -0.2) is 13.4 Å². The molecule has 17 heteroatoms. The number of sulfonamides is 1. The van der Waals surface area contributed by atoms with Crippen LogP contribution in [0.5, 0.6) is 0 Å². The standard InChI is InChI=1S/C22H28F3N5O7S2/c1-3-8-28(13-14-37-38(2,33)34)21-18(22(23,24)25)15-17(30(31)32)16-19(21)39(35,36)29-11-9-27(10-12-29)20-6-4-5-7-26-20/h4-7,15-16H,3,8-14H2,1-2H3. The molecule has 216 valence electrons. The molecule has 0 bridgehead atoms. The summed E-state index contributed by atoms with van der Waals surface area (Å²) in [6, 6.07) is 6.11. The number of non-ortho nitro benzene ring substituents is 1. The van der Waals surface area contributed by atoms with Crippen molar-refractivity contribution in [1.29, 1.82) is 0 Å². The molecule has 1 aromatic heterocycles. The van der Waals surface area contributed by atoms with E-state index in [0.717, 1.165) is 15.5 Å². The van der Waals surface area contributed by atoms with E-state index in [0.29, 0.717) is 11.9 Å². The summed E-state index contributed by atoms with van der Waals surface area (Å²) in [6.07, 6.45) is -2.56. The highest BCUT2D eigenvalue weighted by atomic mass is 32.2. The molecule has 0 saturated carbocycles. The number of nitro groups is 1. The summed E-state index contributed by atoms with van der Waals surface area (Å²) < 4.78 is 98.8. The fourth-order valence-corrected chi connectivity index (χ4v) is 6.23. The third-order valence-electron chi connectivity index (χ3n) is 5.87. The van der Waals surface area contributed by atoms with Crippen molar-refractivity contribution < 1.29 is 39.1 Å². The molecule has 0 N–H and O–H groups in total. The molecule has 3 rings (SSSR count). The molecule has 1 fully saturated rings. The molecule has 39 heavy (non-hydrogen) atoms. The van der Waals surface area contributed by atoms with Gasteiger partial charge in [0, 0.05) is 57.6 Å². The van der Waals surface area contributed by atoms with Crippen molar-refractivity contribution in [3.63, 3.8) is 0 Å². The number of aromatic nitrogens is 1. The minimum atomic E-state index is -5.16. The molecular formula is C22H28F3N5O7S2. The number of alkyl halides is 3. The number of anilines is 2. The fraction of sp³-hybridized carbons (Fsp3) is 0.500. The molecule has 0 spiro atoms. The normalized spacial score (nSPS) is 15.4. The molecule has 0 atom stereocenters. The first kappa shape index (κ1) is 30.5. The van der Waals surface area contributed by atoms with Crippen LogP contribution in [0.25, 0.3) is 0 Å². The number of pyridine rings is 1. The monoisotopic (exact) mass is 595 g/mol. The topological polar surface area (TPSA) is 143 Å². The molecule has 12 nitrogen and oxygen atoms in total. The maximum absolute atomic E-state index is 14.3. The van der Waals surface area contributed by atoms with Gasteiger partial charge in [0.05, 0.1) is 29.0 Å². The van der Waals surface area contributed by atoms with E-state index in [1.54, 1.807) is 31.3 Å². The highest BCUT2D eigenvalue weighted by Gasteiger charge is 2.42. The third kappa shape index (κ3) is 7.55. The van der Waals surface area contributed by atoms with Gasteiger partial charge in [0.15, 0.2) is 0 Å². The van der Waals surface area contributed by atoms with Gasteiger partial charge >= 0.3 is 6.18 Å². The molecule has 1 saturated heterocycles. The van der Waals surface area contributed by atoms with E-state index in [1.165, 1.54) is 0 Å². The summed E-state index contributed by atoms with van der Waals surface area (Å²) in [5.41, 5.74) is -3.35. The van der Waals surface area contributed by atoms with Gasteiger partial charge in [-0.15, -0.1) is 0 Å². The number of piperazine rings is 1. The number of nitro benzene ring substituents is 1. The SMILES string of the molecule is CCCN(CCOS(C)(=O)=O)c1c(C(F)(F)F)cc([N+](=O)[O-])cc1S(=O)(=O)N1CCN(c2ccccn2)CC1. The van der Waals surface area contributed by atoms with Crippen LogP contribution < -0.4 is 9.80 Å². The van der Waals surface area contributed by atoms with Crippen LogP contribution in [0, 0.1) is 10.1 Å². The molecule has 0 unspecified atom stereocenters. The lowest BCUT2D eigenvalue weighted by Crippen LogP contribution is -2.49. The van der Waals surface area contributed by atoms with E-state index >= 15 is 0 Å². The molecule has 2 aromatic rings. The lowest BCUT2D eigenvalue weighted by Gasteiger charge is -2.36. The molecule has 1 aliphatic rings. The van der Waals surface area contributed by atoms with E-state index in [2.05, 4.69) is 9.17 Å². The second kappa shape index (κ2) is 12.0. The van der Waals surface area contributed by atoms with Crippen molar-refractivity contribution in [3.8, 4) is 0 Å². The molecule has 1 aromatic carbocycles. The van der Waals surface area contributed by atoms with Gasteiger partial charge in [0.1, 0.15) is 10.7 Å². The smallest absolute Gasteiger partial charge is 0.368 e. The van der Waals surface area contributed by atoms with Gasteiger partial charge in [-0.1, -0.05) is 13.0 Å². The van der Waals surface area contributed by atoms with Crippen LogP contribution in [0.2, 0.25) is 0 Å². The predicted octanol–water partition coefficient (Wildman–Crippen LogP) is 2.71. The average Bonchev–Trinajstić information content (AvgIpc) is 2.86. The summed E-state index contributed by atoms with van der Waals surface area (Å²) in [5, 5.41) is 11.5. The summed E-state index contributed by atoms with van der Waals surface area (Å²) >= 11 is 0. The fourth-order valence-electron chi connectivity index (χ4n) is 4.18. The molecule has 0 amide bonds. The summed E-state index contributed by atoms with van der Waals surface area (Å²) in [5.74, 6) is 0.602. The van der Waals surface area contributed by atoms with Gasteiger partial charge in [-0.3, -0.25) is 14.3 Å². The number of hydrogen-bond acceptors (Lipinski definition) is 10. The van der Waals surface area contributed by atoms with E-state index in [9.17, 15) is 40.1 Å². The molecule has 2 heterocycles. The number of rotatable bonds is 11. The molecule has 0 radical (unpaired) electrons. The van der Waals surface area contributed by atoms with Crippen LogP contribution in [0.3, 0.4) is 0 Å². The molecule has 0 aliphatic carbocycles. The third-order valence-corrected chi connectivity index (χ3v) is 8.38. The van der Waals surface area contributed by atoms with Crippen LogP contribution in [0.1, 0.15) is 18.9 Å². The lowest BCUT2D eigenvalue weighted by atomic mass is 10.1. The Labute approximate surface area is 224 Å². The van der Waals surface area contributed by atoms with Crippen LogP contribution in [0.15, 0.2) is 41.4 Å². The quantitative estimate of drug-likeness (QED) is 0.216. The zero-order chi connectivity index (χ0) is 29.0. The molecular weight excluding hydrogens is 567 g/mol. The minimum Gasteiger partial charge on any atom is -0.368 e. The highest BCUT2D eigenvalue weighted by Crippen LogP contribution is 2.44. The Morgan fingerprint density at radius 2 is 1.77 bits per heavy atom. The van der Waals surface area contributed by atoms with E-state index in [-0.39, 0.29) is 45.2 Å². The zero-order valence-electron chi connectivity index (χ0n) is 21.2. The lowest BCUT2D eigenvalue weighted by molar-refractivity contribution is -0.385. The van der Waals surface area contributed by atoms with E-state index < -0.39 is 66.2 Å². The first-order valence-corrected chi connectivity index (χ1v) is 15.1. The van der Waals surface area contributed by atoms with Gasteiger partial charge < -0.3 is 9.80 Å². The Balaban J connectivity index is 2.10. The summed E-state index contributed by atoms with van der Waals surface area (Å²) in [4.78, 5) is 16.6. The maximum atomic E-state index is 14.3. The van der Waals surface area contributed by atoms with Crippen LogP contribution >= 0.6 is 0 Å². The Kier molecular flexibility index (Phi) is 9.40. The second-order valence-corrected chi connectivity index (χ2v) is 12.2. The van der Waals surface area contributed by atoms with Crippen LogP contribution in [0.4, 0.5) is 30.4 Å². The summed E-state index contributed by atoms with van der Waals surface area (Å²) in [6.45, 7) is 0.715. The minimum absolute atomic E-state index is 0.104. The van der Waals surface area contributed by atoms with E-state index in [1.807, 2.05) is 4.90 Å². The summed E-state index contributed by atoms with van der Waals surface area (Å²) in [7, 11) is -8.60. The van der Waals surface area contributed by atoms with Gasteiger partial charge in [-0.2, -0.15) is 25.9 Å². The van der Waals surface area contributed by atoms with Gasteiger partial charge in [-0.05, 0) is 18.6 Å². The first-order valence-electron chi connectivity index (χ1n) is 11.8. The Hall–Kier alpha value is -3.02. The first-order chi connectivity index (χ1) is 18.1.